The summed E-state index contributed by atoms with van der Waals surface area (Å²) in [7, 11) is -3.37. The standard InChI is InChI=1S/C13H21N3O2S/c1-3-16(9-11(2)13(14)15)19(17,18)10-12-7-5-4-6-8-12/h4-8,11H,3,9-10H2,1-2H3,(H3,14,15). The summed E-state index contributed by atoms with van der Waals surface area (Å²) < 4.78 is 26.0. The molecule has 1 aromatic carbocycles. The molecule has 0 aliphatic carbocycles. The topological polar surface area (TPSA) is 87.2 Å². The van der Waals surface area contributed by atoms with Crippen molar-refractivity contribution in [2.24, 2.45) is 11.7 Å². The molecule has 0 radical (unpaired) electrons. The van der Waals surface area contributed by atoms with E-state index in [1.165, 1.54) is 4.31 Å². The fourth-order valence-electron chi connectivity index (χ4n) is 1.72. The van der Waals surface area contributed by atoms with Crippen molar-refractivity contribution in [1.82, 2.24) is 4.31 Å². The van der Waals surface area contributed by atoms with Crippen molar-refractivity contribution < 1.29 is 8.42 Å². The summed E-state index contributed by atoms with van der Waals surface area (Å²) >= 11 is 0. The Balaban J connectivity index is 2.81. The number of nitrogens with two attached hydrogens (primary N) is 1. The van der Waals surface area contributed by atoms with E-state index in [9.17, 15) is 8.42 Å². The van der Waals surface area contributed by atoms with Crippen molar-refractivity contribution in [3.63, 3.8) is 0 Å². The molecule has 1 atom stereocenters. The third-order valence-electron chi connectivity index (χ3n) is 2.95. The Morgan fingerprint density at radius 2 is 1.95 bits per heavy atom. The van der Waals surface area contributed by atoms with Crippen LogP contribution in [0.1, 0.15) is 19.4 Å². The van der Waals surface area contributed by atoms with Crippen LogP contribution in [-0.4, -0.2) is 31.6 Å². The lowest BCUT2D eigenvalue weighted by molar-refractivity contribution is 0.403. The molecule has 0 bridgehead atoms. The minimum absolute atomic E-state index is 0.00774. The Hall–Kier alpha value is -1.40. The van der Waals surface area contributed by atoms with E-state index in [1.54, 1.807) is 26.0 Å². The molecule has 0 amide bonds. The fourth-order valence-corrected chi connectivity index (χ4v) is 3.36. The molecule has 0 aromatic heterocycles. The molecule has 6 heteroatoms. The Labute approximate surface area is 115 Å². The smallest absolute Gasteiger partial charge is 0.218 e. The van der Waals surface area contributed by atoms with Crippen molar-refractivity contribution in [2.45, 2.75) is 19.6 Å². The van der Waals surface area contributed by atoms with E-state index in [1.807, 2.05) is 18.2 Å². The van der Waals surface area contributed by atoms with Crippen molar-refractivity contribution in [3.05, 3.63) is 35.9 Å². The van der Waals surface area contributed by atoms with Gasteiger partial charge in [0.1, 0.15) is 0 Å². The van der Waals surface area contributed by atoms with Gasteiger partial charge in [-0.1, -0.05) is 44.2 Å². The quantitative estimate of drug-likeness (QED) is 0.586. The highest BCUT2D eigenvalue weighted by Gasteiger charge is 2.23. The summed E-state index contributed by atoms with van der Waals surface area (Å²) in [4.78, 5) is 0. The number of amidine groups is 1. The average molecular weight is 283 g/mol. The molecular weight excluding hydrogens is 262 g/mol. The van der Waals surface area contributed by atoms with Crippen LogP contribution in [0.25, 0.3) is 0 Å². The van der Waals surface area contributed by atoms with E-state index < -0.39 is 10.0 Å². The number of nitrogens with zero attached hydrogens (tertiary/aromatic N) is 1. The predicted octanol–water partition coefficient (Wildman–Crippen LogP) is 1.41. The third-order valence-corrected chi connectivity index (χ3v) is 4.84. The second-order valence-corrected chi connectivity index (χ2v) is 6.52. The van der Waals surface area contributed by atoms with Gasteiger partial charge >= 0.3 is 0 Å². The van der Waals surface area contributed by atoms with Crippen molar-refractivity contribution in [3.8, 4) is 0 Å². The molecule has 0 aliphatic rings. The molecular formula is C13H21N3O2S. The second kappa shape index (κ2) is 6.68. The number of nitrogens with one attached hydrogen (secondary N) is 1. The highest BCUT2D eigenvalue weighted by Crippen LogP contribution is 2.12. The van der Waals surface area contributed by atoms with Crippen LogP contribution in [0, 0.1) is 11.3 Å². The van der Waals surface area contributed by atoms with Crippen LogP contribution in [0.2, 0.25) is 0 Å². The summed E-state index contributed by atoms with van der Waals surface area (Å²) in [6, 6.07) is 9.07. The van der Waals surface area contributed by atoms with E-state index in [2.05, 4.69) is 0 Å². The lowest BCUT2D eigenvalue weighted by atomic mass is 10.1. The maximum atomic E-state index is 12.3. The summed E-state index contributed by atoms with van der Waals surface area (Å²) in [5.74, 6) is -0.286. The van der Waals surface area contributed by atoms with Crippen LogP contribution in [-0.2, 0) is 15.8 Å². The van der Waals surface area contributed by atoms with E-state index in [0.29, 0.717) is 6.54 Å². The van der Waals surface area contributed by atoms with Gasteiger partial charge in [0.25, 0.3) is 0 Å². The molecule has 1 rings (SSSR count). The number of hydrogen-bond acceptors (Lipinski definition) is 3. The van der Waals surface area contributed by atoms with Crippen molar-refractivity contribution in [2.75, 3.05) is 13.1 Å². The highest BCUT2D eigenvalue weighted by atomic mass is 32.2. The number of hydrogen-bond donors (Lipinski definition) is 2. The van der Waals surface area contributed by atoms with Gasteiger partial charge in [-0.3, -0.25) is 5.41 Å². The van der Waals surface area contributed by atoms with E-state index in [-0.39, 0.29) is 24.1 Å². The van der Waals surface area contributed by atoms with Gasteiger partial charge in [-0.2, -0.15) is 0 Å². The van der Waals surface area contributed by atoms with Crippen LogP contribution in [0.4, 0.5) is 0 Å². The summed E-state index contributed by atoms with van der Waals surface area (Å²) in [5.41, 5.74) is 6.16. The molecule has 19 heavy (non-hydrogen) atoms. The lowest BCUT2D eigenvalue weighted by Crippen LogP contribution is -2.39. The molecule has 5 nitrogen and oxygen atoms in total. The third kappa shape index (κ3) is 4.65. The average Bonchev–Trinajstić information content (AvgIpc) is 2.35. The summed E-state index contributed by atoms with van der Waals surface area (Å²) in [6.07, 6.45) is 0. The van der Waals surface area contributed by atoms with E-state index in [0.717, 1.165) is 5.56 Å². The van der Waals surface area contributed by atoms with Gasteiger partial charge in [0.05, 0.1) is 11.6 Å². The van der Waals surface area contributed by atoms with Gasteiger partial charge in [0.2, 0.25) is 10.0 Å². The largest absolute Gasteiger partial charge is 0.387 e. The Morgan fingerprint density at radius 3 is 2.42 bits per heavy atom. The van der Waals surface area contributed by atoms with Crippen LogP contribution in [0.15, 0.2) is 30.3 Å². The zero-order valence-electron chi connectivity index (χ0n) is 11.3. The SMILES string of the molecule is CCN(CC(C)C(=N)N)S(=O)(=O)Cc1ccccc1. The molecule has 0 heterocycles. The first-order valence-electron chi connectivity index (χ1n) is 6.22. The molecule has 3 N–H and O–H groups in total. The van der Waals surface area contributed by atoms with Gasteiger partial charge < -0.3 is 5.73 Å². The zero-order valence-corrected chi connectivity index (χ0v) is 12.2. The van der Waals surface area contributed by atoms with Gasteiger partial charge in [-0.25, -0.2) is 12.7 Å². The Bertz CT molecular complexity index is 514. The first-order chi connectivity index (χ1) is 8.86. The molecule has 0 saturated carbocycles. The fraction of sp³-hybridized carbons (Fsp3) is 0.462. The molecule has 106 valence electrons. The van der Waals surface area contributed by atoms with Gasteiger partial charge in [-0.15, -0.1) is 0 Å². The molecule has 0 saturated heterocycles. The molecule has 1 aromatic rings. The monoisotopic (exact) mass is 283 g/mol. The first kappa shape index (κ1) is 15.7. The van der Waals surface area contributed by atoms with Gasteiger partial charge in [0, 0.05) is 19.0 Å². The number of sulfonamides is 1. The van der Waals surface area contributed by atoms with E-state index in [4.69, 9.17) is 11.1 Å². The number of rotatable bonds is 7. The van der Waals surface area contributed by atoms with Crippen LogP contribution in [0.3, 0.4) is 0 Å². The van der Waals surface area contributed by atoms with Crippen LogP contribution in [0.5, 0.6) is 0 Å². The van der Waals surface area contributed by atoms with Crippen LogP contribution >= 0.6 is 0 Å². The number of benzene rings is 1. The highest BCUT2D eigenvalue weighted by molar-refractivity contribution is 7.88. The Kier molecular flexibility index (Phi) is 5.50. The normalized spacial score (nSPS) is 13.4. The Morgan fingerprint density at radius 1 is 1.37 bits per heavy atom. The van der Waals surface area contributed by atoms with Gasteiger partial charge in [-0.05, 0) is 5.56 Å². The molecule has 1 unspecified atom stereocenters. The maximum absolute atomic E-state index is 12.3. The van der Waals surface area contributed by atoms with Crippen LogP contribution < -0.4 is 5.73 Å². The van der Waals surface area contributed by atoms with Gasteiger partial charge in [0.15, 0.2) is 0 Å². The molecule has 0 fully saturated rings. The zero-order chi connectivity index (χ0) is 14.5. The van der Waals surface area contributed by atoms with E-state index >= 15 is 0 Å². The summed E-state index contributed by atoms with van der Waals surface area (Å²) in [6.45, 7) is 4.17. The minimum Gasteiger partial charge on any atom is -0.387 e. The molecule has 0 aliphatic heterocycles. The first-order valence-corrected chi connectivity index (χ1v) is 7.83. The maximum Gasteiger partial charge on any atom is 0.218 e. The summed E-state index contributed by atoms with van der Waals surface area (Å²) in [5, 5.41) is 7.35. The predicted molar refractivity (Wildman–Crippen MR) is 77.4 cm³/mol. The minimum atomic E-state index is -3.37. The van der Waals surface area contributed by atoms with Crippen molar-refractivity contribution >= 4 is 15.9 Å². The molecule has 0 spiro atoms. The second-order valence-electron chi connectivity index (χ2n) is 4.55. The van der Waals surface area contributed by atoms with Crippen molar-refractivity contribution in [1.29, 1.82) is 5.41 Å². The lowest BCUT2D eigenvalue weighted by Gasteiger charge is -2.23.